The first-order valence-corrected chi connectivity index (χ1v) is 11.0. The minimum Gasteiger partial charge on any atom is -0.481 e. The molecule has 2 N–H and O–H groups in total. The monoisotopic (exact) mass is 430 g/mol. The predicted octanol–water partition coefficient (Wildman–Crippen LogP) is 5.54. The van der Waals surface area contributed by atoms with E-state index in [2.05, 4.69) is 24.5 Å². The van der Waals surface area contributed by atoms with Gasteiger partial charge < -0.3 is 15.4 Å². The zero-order valence-corrected chi connectivity index (χ0v) is 18.8. The third-order valence-electron chi connectivity index (χ3n) is 5.42. The maximum absolute atomic E-state index is 12.7. The lowest BCUT2D eigenvalue weighted by molar-refractivity contribution is -0.122. The molecule has 0 fully saturated rings. The van der Waals surface area contributed by atoms with Crippen LogP contribution in [0.5, 0.6) is 5.75 Å². The molecule has 0 aliphatic rings. The number of hydrogen-bond donors (Lipinski definition) is 2. The fourth-order valence-electron chi connectivity index (χ4n) is 3.32. The van der Waals surface area contributed by atoms with Crippen LogP contribution in [0.1, 0.15) is 54.6 Å². The quantitative estimate of drug-likeness (QED) is 0.469. The van der Waals surface area contributed by atoms with E-state index in [1.807, 2.05) is 54.6 Å². The summed E-state index contributed by atoms with van der Waals surface area (Å²) in [6.45, 7) is 6.43. The molecule has 166 valence electrons. The highest BCUT2D eigenvalue weighted by atomic mass is 16.5. The summed E-state index contributed by atoms with van der Waals surface area (Å²) in [5.41, 5.74) is 3.14. The van der Waals surface area contributed by atoms with Gasteiger partial charge in [0.2, 0.25) is 0 Å². The summed E-state index contributed by atoms with van der Waals surface area (Å²) in [6, 6.07) is 24.4. The molecule has 5 nitrogen and oxygen atoms in total. The average molecular weight is 431 g/mol. The van der Waals surface area contributed by atoms with Gasteiger partial charge in [-0.25, -0.2) is 0 Å². The van der Waals surface area contributed by atoms with Gasteiger partial charge in [-0.3, -0.25) is 9.59 Å². The van der Waals surface area contributed by atoms with E-state index < -0.39 is 6.10 Å². The van der Waals surface area contributed by atoms with E-state index in [1.54, 1.807) is 31.2 Å². The van der Waals surface area contributed by atoms with Crippen molar-refractivity contribution < 1.29 is 14.3 Å². The van der Waals surface area contributed by atoms with E-state index in [1.165, 1.54) is 0 Å². The van der Waals surface area contributed by atoms with Gasteiger partial charge in [0.15, 0.2) is 6.10 Å². The largest absolute Gasteiger partial charge is 0.481 e. The highest BCUT2D eigenvalue weighted by Crippen LogP contribution is 2.29. The lowest BCUT2D eigenvalue weighted by Gasteiger charge is -2.19. The number of anilines is 1. The first-order valence-electron chi connectivity index (χ1n) is 11.0. The highest BCUT2D eigenvalue weighted by Gasteiger charge is 2.18. The zero-order chi connectivity index (χ0) is 22.9. The van der Waals surface area contributed by atoms with Gasteiger partial charge in [0, 0.05) is 17.8 Å². The Morgan fingerprint density at radius 1 is 0.906 bits per heavy atom. The van der Waals surface area contributed by atoms with Crippen molar-refractivity contribution in [1.29, 1.82) is 0 Å². The summed E-state index contributed by atoms with van der Waals surface area (Å²) < 4.78 is 5.98. The first-order chi connectivity index (χ1) is 15.5. The van der Waals surface area contributed by atoms with E-state index in [4.69, 9.17) is 4.74 Å². The minimum absolute atomic E-state index is 0.197. The molecule has 0 aliphatic carbocycles. The van der Waals surface area contributed by atoms with Gasteiger partial charge in [0.1, 0.15) is 5.75 Å². The van der Waals surface area contributed by atoms with E-state index in [-0.39, 0.29) is 11.8 Å². The molecule has 2 unspecified atom stereocenters. The molecule has 0 aromatic heterocycles. The molecule has 0 spiro atoms. The van der Waals surface area contributed by atoms with Crippen LogP contribution in [0, 0.1) is 0 Å². The van der Waals surface area contributed by atoms with Crippen LogP contribution in [0.2, 0.25) is 0 Å². The Labute approximate surface area is 189 Å². The third kappa shape index (κ3) is 6.20. The fourth-order valence-corrected chi connectivity index (χ4v) is 3.32. The second kappa shape index (κ2) is 11.1. The molecule has 0 saturated carbocycles. The average Bonchev–Trinajstić information content (AvgIpc) is 2.83. The molecule has 5 heteroatoms. The van der Waals surface area contributed by atoms with Gasteiger partial charge in [0.25, 0.3) is 11.8 Å². The summed E-state index contributed by atoms with van der Waals surface area (Å²) in [4.78, 5) is 25.2. The Balaban J connectivity index is 1.61. The lowest BCUT2D eigenvalue weighted by atomic mass is 9.98. The third-order valence-corrected chi connectivity index (χ3v) is 5.42. The van der Waals surface area contributed by atoms with E-state index >= 15 is 0 Å². The second-order valence-electron chi connectivity index (χ2n) is 7.85. The number of para-hydroxylation sites is 1. The van der Waals surface area contributed by atoms with Crippen LogP contribution in [0.15, 0.2) is 78.9 Å². The van der Waals surface area contributed by atoms with E-state index in [9.17, 15) is 9.59 Å². The normalized spacial score (nSPS) is 12.5. The van der Waals surface area contributed by atoms with Crippen LogP contribution in [-0.4, -0.2) is 17.9 Å². The maximum atomic E-state index is 12.7. The summed E-state index contributed by atoms with van der Waals surface area (Å²) in [5, 5.41) is 5.75. The summed E-state index contributed by atoms with van der Waals surface area (Å²) in [6.07, 6.45) is 0.302. The Morgan fingerprint density at radius 3 is 2.38 bits per heavy atom. The van der Waals surface area contributed by atoms with Crippen LogP contribution >= 0.6 is 0 Å². The van der Waals surface area contributed by atoms with Crippen LogP contribution in [-0.2, 0) is 11.3 Å². The van der Waals surface area contributed by atoms with Crippen molar-refractivity contribution in [2.24, 2.45) is 0 Å². The van der Waals surface area contributed by atoms with Crippen molar-refractivity contribution >= 4 is 17.5 Å². The summed E-state index contributed by atoms with van der Waals surface area (Å²) in [5.74, 6) is 0.591. The maximum Gasteiger partial charge on any atom is 0.265 e. The topological polar surface area (TPSA) is 67.4 Å². The number of hydrogen-bond acceptors (Lipinski definition) is 3. The van der Waals surface area contributed by atoms with Crippen LogP contribution in [0.4, 0.5) is 5.69 Å². The van der Waals surface area contributed by atoms with Crippen molar-refractivity contribution in [1.82, 2.24) is 5.32 Å². The molecule has 3 rings (SSSR count). The number of nitrogens with one attached hydrogen (secondary N) is 2. The van der Waals surface area contributed by atoms with Gasteiger partial charge in [-0.05, 0) is 54.7 Å². The minimum atomic E-state index is -0.684. The van der Waals surface area contributed by atoms with Gasteiger partial charge in [-0.1, -0.05) is 68.4 Å². The molecule has 3 aromatic rings. The SMILES string of the molecule is CCC(C)c1ccccc1OC(C)C(=O)Nc1cccc(C(=O)NCc2ccccc2)c1. The molecule has 2 atom stereocenters. The van der Waals surface area contributed by atoms with E-state index in [0.717, 1.165) is 23.3 Å². The Bertz CT molecular complexity index is 1050. The molecule has 0 aliphatic heterocycles. The lowest BCUT2D eigenvalue weighted by Crippen LogP contribution is -2.30. The van der Waals surface area contributed by atoms with Crippen LogP contribution in [0.25, 0.3) is 0 Å². The van der Waals surface area contributed by atoms with Crippen molar-refractivity contribution in [3.05, 3.63) is 95.6 Å². The molecule has 0 heterocycles. The van der Waals surface area contributed by atoms with E-state index in [0.29, 0.717) is 23.7 Å². The number of carbonyl (C=O) groups is 2. The van der Waals surface area contributed by atoms with Gasteiger partial charge >= 0.3 is 0 Å². The van der Waals surface area contributed by atoms with Gasteiger partial charge in [-0.15, -0.1) is 0 Å². The number of carbonyl (C=O) groups excluding carboxylic acids is 2. The second-order valence-corrected chi connectivity index (χ2v) is 7.85. The molecule has 0 radical (unpaired) electrons. The molecule has 0 saturated heterocycles. The summed E-state index contributed by atoms with van der Waals surface area (Å²) in [7, 11) is 0. The Kier molecular flexibility index (Phi) is 8.03. The predicted molar refractivity (Wildman–Crippen MR) is 128 cm³/mol. The molecular formula is C27H30N2O3. The van der Waals surface area contributed by atoms with Crippen LogP contribution < -0.4 is 15.4 Å². The fraction of sp³-hybridized carbons (Fsp3) is 0.259. The molecule has 3 aromatic carbocycles. The number of rotatable bonds is 9. The van der Waals surface area contributed by atoms with Crippen LogP contribution in [0.3, 0.4) is 0 Å². The first kappa shape index (κ1) is 23.1. The number of ether oxygens (including phenoxy) is 1. The van der Waals surface area contributed by atoms with Crippen molar-refractivity contribution in [2.75, 3.05) is 5.32 Å². The van der Waals surface area contributed by atoms with Crippen molar-refractivity contribution in [3.8, 4) is 5.75 Å². The van der Waals surface area contributed by atoms with Gasteiger partial charge in [-0.2, -0.15) is 0 Å². The smallest absolute Gasteiger partial charge is 0.265 e. The zero-order valence-electron chi connectivity index (χ0n) is 18.8. The molecule has 32 heavy (non-hydrogen) atoms. The summed E-state index contributed by atoms with van der Waals surface area (Å²) >= 11 is 0. The Morgan fingerprint density at radius 2 is 1.62 bits per heavy atom. The highest BCUT2D eigenvalue weighted by molar-refractivity contribution is 5.98. The van der Waals surface area contributed by atoms with Gasteiger partial charge in [0.05, 0.1) is 0 Å². The Hall–Kier alpha value is -3.60. The molecule has 2 amide bonds. The molecular weight excluding hydrogens is 400 g/mol. The van der Waals surface area contributed by atoms with Crippen molar-refractivity contribution in [3.63, 3.8) is 0 Å². The molecule has 0 bridgehead atoms. The standard InChI is InChI=1S/C27H30N2O3/c1-4-19(2)24-15-8-9-16-25(24)32-20(3)26(30)29-23-14-10-13-22(17-23)27(31)28-18-21-11-6-5-7-12-21/h5-17,19-20H,4,18H2,1-3H3,(H,28,31)(H,29,30). The van der Waals surface area contributed by atoms with Crippen molar-refractivity contribution in [2.45, 2.75) is 45.8 Å². The number of benzene rings is 3. The number of amides is 2.